The van der Waals surface area contributed by atoms with Gasteiger partial charge in [-0.1, -0.05) is 30.3 Å². The minimum atomic E-state index is -3.38. The van der Waals surface area contributed by atoms with Gasteiger partial charge in [-0.25, -0.2) is 18.1 Å². The van der Waals surface area contributed by atoms with E-state index in [0.29, 0.717) is 17.2 Å². The number of hydrogen-bond acceptors (Lipinski definition) is 5. The SMILES string of the molecule is Cc1nc(-c2ccc(CCNS(=O)(=O)c3cccs3)cc2)cs1. The fourth-order valence-corrected chi connectivity index (χ4v) is 4.85. The van der Waals surface area contributed by atoms with Crippen LogP contribution in [-0.2, 0) is 16.4 Å². The van der Waals surface area contributed by atoms with Crippen molar-refractivity contribution in [1.29, 1.82) is 0 Å². The topological polar surface area (TPSA) is 59.1 Å². The minimum absolute atomic E-state index is 0.353. The molecular formula is C16H16N2O2S3. The van der Waals surface area contributed by atoms with Gasteiger partial charge in [0.1, 0.15) is 4.21 Å². The van der Waals surface area contributed by atoms with Crippen molar-refractivity contribution < 1.29 is 8.42 Å². The molecule has 0 unspecified atom stereocenters. The number of thiophene rings is 1. The molecule has 0 fully saturated rings. The number of nitrogens with one attached hydrogen (secondary N) is 1. The monoisotopic (exact) mass is 364 g/mol. The quantitative estimate of drug-likeness (QED) is 0.725. The lowest BCUT2D eigenvalue weighted by Gasteiger charge is -2.05. The Morgan fingerprint density at radius 1 is 1.13 bits per heavy atom. The second-order valence-electron chi connectivity index (χ2n) is 5.03. The summed E-state index contributed by atoms with van der Waals surface area (Å²) in [6.45, 7) is 2.37. The third kappa shape index (κ3) is 4.06. The molecule has 1 aromatic carbocycles. The summed E-state index contributed by atoms with van der Waals surface area (Å²) in [4.78, 5) is 4.46. The zero-order valence-electron chi connectivity index (χ0n) is 12.5. The summed E-state index contributed by atoms with van der Waals surface area (Å²) in [5.41, 5.74) is 3.16. The van der Waals surface area contributed by atoms with E-state index in [1.165, 1.54) is 11.3 Å². The lowest BCUT2D eigenvalue weighted by atomic mass is 10.1. The molecule has 3 rings (SSSR count). The van der Waals surface area contributed by atoms with Crippen molar-refractivity contribution in [2.75, 3.05) is 6.54 Å². The second kappa shape index (κ2) is 6.92. The predicted molar refractivity (Wildman–Crippen MR) is 95.5 cm³/mol. The zero-order chi connectivity index (χ0) is 16.3. The Morgan fingerprint density at radius 3 is 2.52 bits per heavy atom. The first kappa shape index (κ1) is 16.3. The maximum Gasteiger partial charge on any atom is 0.250 e. The number of sulfonamides is 1. The first-order chi connectivity index (χ1) is 11.0. The zero-order valence-corrected chi connectivity index (χ0v) is 15.0. The molecule has 23 heavy (non-hydrogen) atoms. The summed E-state index contributed by atoms with van der Waals surface area (Å²) in [5.74, 6) is 0. The number of aryl methyl sites for hydroxylation is 1. The molecule has 0 spiro atoms. The maximum atomic E-state index is 12.0. The lowest BCUT2D eigenvalue weighted by molar-refractivity contribution is 0.584. The number of aromatic nitrogens is 1. The number of nitrogens with zero attached hydrogens (tertiary/aromatic N) is 1. The number of benzene rings is 1. The summed E-state index contributed by atoms with van der Waals surface area (Å²) in [6.07, 6.45) is 0.654. The van der Waals surface area contributed by atoms with E-state index in [9.17, 15) is 8.42 Å². The van der Waals surface area contributed by atoms with E-state index in [2.05, 4.69) is 9.71 Å². The van der Waals surface area contributed by atoms with Crippen molar-refractivity contribution >= 4 is 32.7 Å². The van der Waals surface area contributed by atoms with Crippen LogP contribution in [0.4, 0.5) is 0 Å². The van der Waals surface area contributed by atoms with Gasteiger partial charge in [-0.3, -0.25) is 0 Å². The van der Waals surface area contributed by atoms with Gasteiger partial charge in [0.15, 0.2) is 0 Å². The fraction of sp³-hybridized carbons (Fsp3) is 0.188. The van der Waals surface area contributed by atoms with Crippen molar-refractivity contribution in [2.45, 2.75) is 17.6 Å². The molecule has 0 bridgehead atoms. The highest BCUT2D eigenvalue weighted by Crippen LogP contribution is 2.22. The van der Waals surface area contributed by atoms with Crippen LogP contribution in [0.15, 0.2) is 51.4 Å². The second-order valence-corrected chi connectivity index (χ2v) is 9.03. The molecule has 0 atom stereocenters. The van der Waals surface area contributed by atoms with E-state index >= 15 is 0 Å². The largest absolute Gasteiger partial charge is 0.250 e. The highest BCUT2D eigenvalue weighted by atomic mass is 32.2. The van der Waals surface area contributed by atoms with Gasteiger partial charge in [-0.2, -0.15) is 0 Å². The molecule has 2 heterocycles. The smallest absolute Gasteiger partial charge is 0.242 e. The maximum absolute atomic E-state index is 12.0. The van der Waals surface area contributed by atoms with Gasteiger partial charge in [-0.05, 0) is 30.4 Å². The van der Waals surface area contributed by atoms with Crippen LogP contribution in [0.25, 0.3) is 11.3 Å². The highest BCUT2D eigenvalue weighted by molar-refractivity contribution is 7.91. The van der Waals surface area contributed by atoms with Crippen LogP contribution in [0.2, 0.25) is 0 Å². The molecule has 3 aromatic rings. The Morgan fingerprint density at radius 2 is 1.91 bits per heavy atom. The first-order valence-corrected chi connectivity index (χ1v) is 10.3. The molecule has 1 N–H and O–H groups in total. The number of thiazole rings is 1. The van der Waals surface area contributed by atoms with Crippen molar-refractivity contribution in [3.63, 3.8) is 0 Å². The molecule has 4 nitrogen and oxygen atoms in total. The van der Waals surface area contributed by atoms with Gasteiger partial charge in [0.2, 0.25) is 10.0 Å². The average molecular weight is 365 g/mol. The van der Waals surface area contributed by atoms with Crippen molar-refractivity contribution in [3.05, 3.63) is 57.7 Å². The predicted octanol–water partition coefficient (Wildman–Crippen LogP) is 3.70. The van der Waals surface area contributed by atoms with Gasteiger partial charge < -0.3 is 0 Å². The van der Waals surface area contributed by atoms with E-state index in [0.717, 1.165) is 21.8 Å². The molecule has 0 saturated carbocycles. The van der Waals surface area contributed by atoms with Crippen LogP contribution < -0.4 is 4.72 Å². The number of rotatable bonds is 6. The average Bonchev–Trinajstić information content (AvgIpc) is 3.19. The Labute approximate surface area is 143 Å². The molecule has 2 aromatic heterocycles. The minimum Gasteiger partial charge on any atom is -0.242 e. The summed E-state index contributed by atoms with van der Waals surface area (Å²) in [6, 6.07) is 11.4. The van der Waals surface area contributed by atoms with Crippen LogP contribution in [0.5, 0.6) is 0 Å². The normalized spacial score (nSPS) is 11.7. The Bertz CT molecular complexity index is 866. The van der Waals surface area contributed by atoms with Crippen LogP contribution in [0.3, 0.4) is 0 Å². The summed E-state index contributed by atoms with van der Waals surface area (Å²) >= 11 is 2.85. The summed E-state index contributed by atoms with van der Waals surface area (Å²) in [5, 5.41) is 4.85. The molecule has 7 heteroatoms. The summed E-state index contributed by atoms with van der Waals surface area (Å²) in [7, 11) is -3.38. The molecule has 0 aliphatic carbocycles. The van der Waals surface area contributed by atoms with Gasteiger partial charge in [0, 0.05) is 17.5 Å². The molecular weight excluding hydrogens is 348 g/mol. The molecule has 0 aliphatic rings. The Balaban J connectivity index is 1.59. The van der Waals surface area contributed by atoms with Crippen molar-refractivity contribution in [1.82, 2.24) is 9.71 Å². The van der Waals surface area contributed by atoms with Crippen LogP contribution in [-0.4, -0.2) is 19.9 Å². The molecule has 0 radical (unpaired) electrons. The van der Waals surface area contributed by atoms with Crippen molar-refractivity contribution in [3.8, 4) is 11.3 Å². The first-order valence-electron chi connectivity index (χ1n) is 7.09. The van der Waals surface area contributed by atoms with Gasteiger partial charge >= 0.3 is 0 Å². The molecule has 0 aliphatic heterocycles. The molecule has 120 valence electrons. The van der Waals surface area contributed by atoms with Crippen LogP contribution in [0, 0.1) is 6.92 Å². The van der Waals surface area contributed by atoms with E-state index in [4.69, 9.17) is 0 Å². The fourth-order valence-electron chi connectivity index (χ4n) is 2.16. The van der Waals surface area contributed by atoms with E-state index in [-0.39, 0.29) is 0 Å². The third-order valence-corrected chi connectivity index (χ3v) is 6.97. The van der Waals surface area contributed by atoms with Crippen molar-refractivity contribution in [2.24, 2.45) is 0 Å². The van der Waals surface area contributed by atoms with E-state index in [1.807, 2.05) is 36.6 Å². The molecule has 0 saturated heterocycles. The lowest BCUT2D eigenvalue weighted by Crippen LogP contribution is -2.25. The van der Waals surface area contributed by atoms with E-state index < -0.39 is 10.0 Å². The third-order valence-electron chi connectivity index (χ3n) is 3.33. The van der Waals surface area contributed by atoms with Gasteiger partial charge in [0.25, 0.3) is 0 Å². The highest BCUT2D eigenvalue weighted by Gasteiger charge is 2.13. The van der Waals surface area contributed by atoms with E-state index in [1.54, 1.807) is 28.8 Å². The summed E-state index contributed by atoms with van der Waals surface area (Å²) < 4.78 is 27.0. The molecule has 0 amide bonds. The standard InChI is InChI=1S/C16H16N2O2S3/c1-12-18-15(11-22-12)14-6-4-13(5-7-14)8-9-17-23(19,20)16-3-2-10-21-16/h2-7,10-11,17H,8-9H2,1H3. The Kier molecular flexibility index (Phi) is 4.91. The van der Waals surface area contributed by atoms with Gasteiger partial charge in [-0.15, -0.1) is 22.7 Å². The number of hydrogen-bond donors (Lipinski definition) is 1. The van der Waals surface area contributed by atoms with Crippen LogP contribution in [0.1, 0.15) is 10.6 Å². The Hall–Kier alpha value is -1.54. The van der Waals surface area contributed by atoms with Crippen LogP contribution >= 0.6 is 22.7 Å². The van der Waals surface area contributed by atoms with Gasteiger partial charge in [0.05, 0.1) is 10.7 Å².